The molecule has 3 atom stereocenters. The number of anilines is 1. The topological polar surface area (TPSA) is 70.2 Å². The van der Waals surface area contributed by atoms with Gasteiger partial charge >= 0.3 is 0 Å². The Morgan fingerprint density at radius 1 is 1.10 bits per heavy atom. The third-order valence-electron chi connectivity index (χ3n) is 6.42. The Hall–Kier alpha value is -1.48. The second kappa shape index (κ2) is 8.57. The number of ether oxygens (including phenoxy) is 1. The van der Waals surface area contributed by atoms with Crippen LogP contribution in [0, 0.1) is 6.92 Å². The largest absolute Gasteiger partial charge is 0.373 e. The molecular formula is C22H33N3O4S. The van der Waals surface area contributed by atoms with Gasteiger partial charge in [0.15, 0.2) is 0 Å². The summed E-state index contributed by atoms with van der Waals surface area (Å²) in [6.45, 7) is 9.66. The van der Waals surface area contributed by atoms with Gasteiger partial charge in [-0.2, -0.15) is 4.31 Å². The van der Waals surface area contributed by atoms with Crippen molar-refractivity contribution < 1.29 is 17.9 Å². The molecule has 0 saturated carbocycles. The highest BCUT2D eigenvalue weighted by atomic mass is 32.2. The van der Waals surface area contributed by atoms with Crippen molar-refractivity contribution in [1.82, 2.24) is 9.21 Å². The van der Waals surface area contributed by atoms with E-state index in [1.807, 2.05) is 13.0 Å². The molecule has 0 N–H and O–H groups in total. The quantitative estimate of drug-likeness (QED) is 0.710. The first-order valence-corrected chi connectivity index (χ1v) is 12.5. The average Bonchev–Trinajstić information content (AvgIpc) is 3.29. The van der Waals surface area contributed by atoms with Gasteiger partial charge in [-0.1, -0.05) is 0 Å². The van der Waals surface area contributed by atoms with E-state index in [0.717, 1.165) is 44.6 Å². The first kappa shape index (κ1) is 21.7. The minimum absolute atomic E-state index is 0.00765. The molecule has 4 rings (SSSR count). The van der Waals surface area contributed by atoms with Gasteiger partial charge in [0.2, 0.25) is 15.9 Å². The molecule has 1 aromatic rings. The van der Waals surface area contributed by atoms with Crippen molar-refractivity contribution in [1.29, 1.82) is 0 Å². The zero-order chi connectivity index (χ0) is 21.5. The number of aryl methyl sites for hydroxylation is 1. The highest BCUT2D eigenvalue weighted by molar-refractivity contribution is 7.89. The molecule has 1 aromatic carbocycles. The highest BCUT2D eigenvalue weighted by Gasteiger charge is 2.38. The molecule has 0 spiro atoms. The molecule has 0 aliphatic carbocycles. The number of morpholine rings is 1. The summed E-state index contributed by atoms with van der Waals surface area (Å²) in [4.78, 5) is 16.5. The Morgan fingerprint density at radius 3 is 2.47 bits per heavy atom. The predicted octanol–water partition coefficient (Wildman–Crippen LogP) is 2.38. The van der Waals surface area contributed by atoms with E-state index < -0.39 is 10.0 Å². The van der Waals surface area contributed by atoms with Gasteiger partial charge < -0.3 is 9.64 Å². The fourth-order valence-corrected chi connectivity index (χ4v) is 7.07. The number of sulfonamides is 1. The molecule has 3 saturated heterocycles. The van der Waals surface area contributed by atoms with E-state index >= 15 is 0 Å². The number of benzene rings is 1. The molecule has 0 bridgehead atoms. The summed E-state index contributed by atoms with van der Waals surface area (Å²) in [5.41, 5.74) is 1.50. The fraction of sp³-hybridized carbons (Fsp3) is 0.682. The minimum atomic E-state index is -3.58. The molecule has 1 amide bonds. The monoisotopic (exact) mass is 435 g/mol. The molecule has 166 valence electrons. The van der Waals surface area contributed by atoms with Gasteiger partial charge in [-0.25, -0.2) is 8.42 Å². The summed E-state index contributed by atoms with van der Waals surface area (Å²) in [6, 6.07) is 5.29. The summed E-state index contributed by atoms with van der Waals surface area (Å²) in [6.07, 6.45) is 3.53. The zero-order valence-corrected chi connectivity index (χ0v) is 19.0. The molecule has 7 nitrogen and oxygen atoms in total. The minimum Gasteiger partial charge on any atom is -0.373 e. The second-order valence-corrected chi connectivity index (χ2v) is 10.8. The Labute approximate surface area is 180 Å². The lowest BCUT2D eigenvalue weighted by molar-refractivity contribution is -0.117. The number of amides is 1. The normalized spacial score (nSPS) is 29.1. The van der Waals surface area contributed by atoms with Crippen molar-refractivity contribution >= 4 is 21.6 Å². The Morgan fingerprint density at radius 2 is 1.83 bits per heavy atom. The van der Waals surface area contributed by atoms with E-state index in [4.69, 9.17) is 4.74 Å². The molecule has 3 aliphatic rings. The van der Waals surface area contributed by atoms with Crippen LogP contribution in [0.4, 0.5) is 5.69 Å². The lowest BCUT2D eigenvalue weighted by Gasteiger charge is -2.38. The van der Waals surface area contributed by atoms with Crippen molar-refractivity contribution in [2.24, 2.45) is 0 Å². The first-order valence-electron chi connectivity index (χ1n) is 11.1. The smallest absolute Gasteiger partial charge is 0.243 e. The van der Waals surface area contributed by atoms with Crippen LogP contribution in [0.5, 0.6) is 0 Å². The molecule has 3 unspecified atom stereocenters. The van der Waals surface area contributed by atoms with Crippen LogP contribution in [-0.2, 0) is 19.6 Å². The average molecular weight is 436 g/mol. The number of carbonyl (C=O) groups excluding carboxylic acids is 1. The Balaban J connectivity index is 1.52. The maximum atomic E-state index is 13.5. The summed E-state index contributed by atoms with van der Waals surface area (Å²) in [7, 11) is -3.58. The lowest BCUT2D eigenvalue weighted by Crippen LogP contribution is -2.50. The number of nitrogens with zero attached hydrogens (tertiary/aromatic N) is 3. The third-order valence-corrected chi connectivity index (χ3v) is 8.53. The number of hydrogen-bond donors (Lipinski definition) is 0. The van der Waals surface area contributed by atoms with Crippen LogP contribution in [0.3, 0.4) is 0 Å². The van der Waals surface area contributed by atoms with Crippen molar-refractivity contribution in [3.05, 3.63) is 23.8 Å². The number of carbonyl (C=O) groups is 1. The van der Waals surface area contributed by atoms with Crippen molar-refractivity contribution in [2.75, 3.05) is 37.6 Å². The Kier molecular flexibility index (Phi) is 6.21. The zero-order valence-electron chi connectivity index (χ0n) is 18.2. The van der Waals surface area contributed by atoms with Gasteiger partial charge in [-0.05, 0) is 63.8 Å². The van der Waals surface area contributed by atoms with E-state index in [-0.39, 0.29) is 24.2 Å². The fourth-order valence-electron chi connectivity index (χ4n) is 5.18. The van der Waals surface area contributed by atoms with Gasteiger partial charge in [0.25, 0.3) is 0 Å². The van der Waals surface area contributed by atoms with Gasteiger partial charge in [0.1, 0.15) is 0 Å². The molecule has 3 heterocycles. The molecular weight excluding hydrogens is 402 g/mol. The Bertz CT molecular complexity index is 894. The molecule has 0 aromatic heterocycles. The van der Waals surface area contributed by atoms with Gasteiger partial charge in [0.05, 0.1) is 17.1 Å². The summed E-state index contributed by atoms with van der Waals surface area (Å²) in [5.74, 6) is 0.110. The second-order valence-electron chi connectivity index (χ2n) is 8.99. The van der Waals surface area contributed by atoms with E-state index in [2.05, 4.69) is 18.7 Å². The number of hydrogen-bond acceptors (Lipinski definition) is 5. The summed E-state index contributed by atoms with van der Waals surface area (Å²) < 4.78 is 34.6. The van der Waals surface area contributed by atoms with Crippen molar-refractivity contribution in [3.8, 4) is 0 Å². The van der Waals surface area contributed by atoms with Gasteiger partial charge in [0, 0.05) is 50.9 Å². The molecule has 0 radical (unpaired) electrons. The first-order chi connectivity index (χ1) is 14.3. The van der Waals surface area contributed by atoms with E-state index in [1.165, 1.54) is 0 Å². The van der Waals surface area contributed by atoms with Crippen molar-refractivity contribution in [2.45, 2.75) is 69.6 Å². The van der Waals surface area contributed by atoms with Gasteiger partial charge in [-0.15, -0.1) is 0 Å². The van der Waals surface area contributed by atoms with E-state index in [9.17, 15) is 13.2 Å². The van der Waals surface area contributed by atoms with Crippen LogP contribution in [0.25, 0.3) is 0 Å². The van der Waals surface area contributed by atoms with Crippen LogP contribution in [-0.4, -0.2) is 74.5 Å². The molecule has 30 heavy (non-hydrogen) atoms. The maximum Gasteiger partial charge on any atom is 0.243 e. The predicted molar refractivity (Wildman–Crippen MR) is 116 cm³/mol. The van der Waals surface area contributed by atoms with Crippen LogP contribution >= 0.6 is 0 Å². The highest BCUT2D eigenvalue weighted by Crippen LogP contribution is 2.31. The van der Waals surface area contributed by atoms with E-state index in [0.29, 0.717) is 30.0 Å². The van der Waals surface area contributed by atoms with Crippen LogP contribution in [0.15, 0.2) is 23.1 Å². The van der Waals surface area contributed by atoms with E-state index in [1.54, 1.807) is 21.3 Å². The van der Waals surface area contributed by atoms with Gasteiger partial charge in [-0.3, -0.25) is 9.69 Å². The van der Waals surface area contributed by atoms with Crippen molar-refractivity contribution in [3.63, 3.8) is 0 Å². The molecule has 3 fully saturated rings. The van der Waals surface area contributed by atoms with Crippen LogP contribution < -0.4 is 4.90 Å². The number of rotatable bonds is 5. The maximum absolute atomic E-state index is 13.5. The van der Waals surface area contributed by atoms with Crippen LogP contribution in [0.1, 0.15) is 45.1 Å². The third kappa shape index (κ3) is 4.28. The standard InChI is InChI=1S/C22H33N3O4S/c1-16-12-19(24-10-5-7-22(24)26)8-9-21(16)30(27,28)25-11-4-6-20(25)15-23-13-17(2)29-18(3)14-23/h8-9,12,17-18,20H,4-7,10-11,13-15H2,1-3H3. The molecule has 3 aliphatic heterocycles. The summed E-state index contributed by atoms with van der Waals surface area (Å²) in [5, 5.41) is 0. The van der Waals surface area contributed by atoms with Crippen LogP contribution in [0.2, 0.25) is 0 Å². The molecule has 8 heteroatoms. The lowest BCUT2D eigenvalue weighted by atomic mass is 10.1. The SMILES string of the molecule is Cc1cc(N2CCCC2=O)ccc1S(=O)(=O)N1CCCC1CN1CC(C)OC(C)C1. The summed E-state index contributed by atoms with van der Waals surface area (Å²) >= 11 is 0.